The second-order valence-corrected chi connectivity index (χ2v) is 6.78. The summed E-state index contributed by atoms with van der Waals surface area (Å²) in [6.07, 6.45) is 1.76. The van der Waals surface area contributed by atoms with E-state index in [9.17, 15) is 9.00 Å². The predicted molar refractivity (Wildman–Crippen MR) is 82.6 cm³/mol. The standard InChI is InChI=1S/C14H18BrNO2S/c1-12(15)9-10-16-14(17)8-5-11-19(18)13-6-3-2-4-7-13/h2-4,6-7H,1,5,8-11H2,(H,16,17). The van der Waals surface area contributed by atoms with Gasteiger partial charge in [-0.3, -0.25) is 9.00 Å². The zero-order valence-corrected chi connectivity index (χ0v) is 13.1. The molecule has 0 aliphatic carbocycles. The Morgan fingerprint density at radius 3 is 2.58 bits per heavy atom. The first kappa shape index (κ1) is 16.1. The summed E-state index contributed by atoms with van der Waals surface area (Å²) >= 11 is 3.24. The molecule has 1 aromatic carbocycles. The van der Waals surface area contributed by atoms with Crippen LogP contribution in [0.1, 0.15) is 19.3 Å². The molecule has 1 rings (SSSR count). The molecule has 5 heteroatoms. The van der Waals surface area contributed by atoms with Gasteiger partial charge in [-0.1, -0.05) is 40.7 Å². The van der Waals surface area contributed by atoms with Crippen molar-refractivity contribution >= 4 is 32.6 Å². The highest BCUT2D eigenvalue weighted by molar-refractivity contribution is 9.11. The van der Waals surface area contributed by atoms with Gasteiger partial charge in [0, 0.05) is 23.6 Å². The van der Waals surface area contributed by atoms with Crippen molar-refractivity contribution < 1.29 is 9.00 Å². The number of benzene rings is 1. The third-order valence-corrected chi connectivity index (χ3v) is 4.31. The summed E-state index contributed by atoms with van der Waals surface area (Å²) < 4.78 is 12.8. The first-order valence-corrected chi connectivity index (χ1v) is 8.24. The van der Waals surface area contributed by atoms with Crippen LogP contribution in [0.15, 0.2) is 46.3 Å². The smallest absolute Gasteiger partial charge is 0.220 e. The van der Waals surface area contributed by atoms with Gasteiger partial charge < -0.3 is 5.32 Å². The molecule has 0 saturated carbocycles. The van der Waals surface area contributed by atoms with Gasteiger partial charge in [0.2, 0.25) is 5.91 Å². The fourth-order valence-corrected chi connectivity index (χ4v) is 2.78. The Bertz CT molecular complexity index is 448. The van der Waals surface area contributed by atoms with Crippen LogP contribution >= 0.6 is 15.9 Å². The first-order valence-electron chi connectivity index (χ1n) is 6.13. The quantitative estimate of drug-likeness (QED) is 0.788. The van der Waals surface area contributed by atoms with E-state index in [1.54, 1.807) is 0 Å². The zero-order chi connectivity index (χ0) is 14.1. The van der Waals surface area contributed by atoms with Crippen molar-refractivity contribution in [2.75, 3.05) is 12.3 Å². The molecule has 1 N–H and O–H groups in total. The van der Waals surface area contributed by atoms with E-state index in [0.717, 1.165) is 15.8 Å². The number of nitrogens with one attached hydrogen (secondary N) is 1. The summed E-state index contributed by atoms with van der Waals surface area (Å²) in [5, 5.41) is 2.80. The predicted octanol–water partition coefficient (Wildman–Crippen LogP) is 2.99. The van der Waals surface area contributed by atoms with Gasteiger partial charge >= 0.3 is 0 Å². The normalized spacial score (nSPS) is 11.8. The van der Waals surface area contributed by atoms with Crippen LogP contribution in [0, 0.1) is 0 Å². The molecule has 19 heavy (non-hydrogen) atoms. The van der Waals surface area contributed by atoms with Crippen molar-refractivity contribution in [3.63, 3.8) is 0 Å². The molecular formula is C14H18BrNO2S. The number of carbonyl (C=O) groups is 1. The summed E-state index contributed by atoms with van der Waals surface area (Å²) in [6.45, 7) is 4.28. The zero-order valence-electron chi connectivity index (χ0n) is 10.7. The monoisotopic (exact) mass is 343 g/mol. The molecule has 1 amide bonds. The molecule has 1 aromatic rings. The average molecular weight is 344 g/mol. The molecule has 0 radical (unpaired) electrons. The number of halogens is 1. The fourth-order valence-electron chi connectivity index (χ4n) is 1.48. The number of carbonyl (C=O) groups excluding carboxylic acids is 1. The number of rotatable bonds is 8. The Labute approximate surface area is 125 Å². The van der Waals surface area contributed by atoms with Crippen molar-refractivity contribution in [1.29, 1.82) is 0 Å². The molecule has 104 valence electrons. The number of hydrogen-bond donors (Lipinski definition) is 1. The fraction of sp³-hybridized carbons (Fsp3) is 0.357. The van der Waals surface area contributed by atoms with Gasteiger partial charge in [0.25, 0.3) is 0 Å². The number of amides is 1. The lowest BCUT2D eigenvalue weighted by atomic mass is 10.3. The summed E-state index contributed by atoms with van der Waals surface area (Å²) in [6, 6.07) is 9.32. The Balaban J connectivity index is 2.18. The molecule has 0 aliphatic heterocycles. The first-order chi connectivity index (χ1) is 9.09. The minimum atomic E-state index is -1.01. The van der Waals surface area contributed by atoms with Gasteiger partial charge in [0.15, 0.2) is 0 Å². The van der Waals surface area contributed by atoms with Crippen molar-refractivity contribution in [2.24, 2.45) is 0 Å². The van der Waals surface area contributed by atoms with Crippen molar-refractivity contribution in [2.45, 2.75) is 24.2 Å². The Kier molecular flexibility index (Phi) is 7.67. The third kappa shape index (κ3) is 7.28. The Morgan fingerprint density at radius 2 is 1.95 bits per heavy atom. The van der Waals surface area contributed by atoms with Crippen molar-refractivity contribution in [3.8, 4) is 0 Å². The molecule has 1 unspecified atom stereocenters. The van der Waals surface area contributed by atoms with Crippen LogP contribution in [0.25, 0.3) is 0 Å². The highest BCUT2D eigenvalue weighted by Gasteiger charge is 2.05. The van der Waals surface area contributed by atoms with Gasteiger partial charge in [-0.25, -0.2) is 0 Å². The van der Waals surface area contributed by atoms with Crippen LogP contribution in [0.5, 0.6) is 0 Å². The molecule has 3 nitrogen and oxygen atoms in total. The highest BCUT2D eigenvalue weighted by atomic mass is 79.9. The van der Waals surface area contributed by atoms with Crippen LogP contribution in [0.4, 0.5) is 0 Å². The largest absolute Gasteiger partial charge is 0.356 e. The second kappa shape index (κ2) is 9.04. The maximum Gasteiger partial charge on any atom is 0.220 e. The van der Waals surface area contributed by atoms with Crippen LogP contribution in [0.2, 0.25) is 0 Å². The Hall–Kier alpha value is -0.940. The van der Waals surface area contributed by atoms with Gasteiger partial charge in [-0.15, -0.1) is 0 Å². The van der Waals surface area contributed by atoms with E-state index < -0.39 is 10.8 Å². The molecule has 1 atom stereocenters. The van der Waals surface area contributed by atoms with Crippen LogP contribution < -0.4 is 5.32 Å². The molecule has 0 aliphatic rings. The molecule has 0 aromatic heterocycles. The second-order valence-electron chi connectivity index (χ2n) is 4.08. The van der Waals surface area contributed by atoms with Gasteiger partial charge in [0.1, 0.15) is 0 Å². The van der Waals surface area contributed by atoms with Crippen LogP contribution in [0.3, 0.4) is 0 Å². The van der Waals surface area contributed by atoms with E-state index in [0.29, 0.717) is 25.1 Å². The van der Waals surface area contributed by atoms with E-state index in [2.05, 4.69) is 27.8 Å². The number of hydrogen-bond acceptors (Lipinski definition) is 2. The van der Waals surface area contributed by atoms with E-state index >= 15 is 0 Å². The van der Waals surface area contributed by atoms with Gasteiger partial charge in [-0.2, -0.15) is 0 Å². The lowest BCUT2D eigenvalue weighted by Gasteiger charge is -2.05. The summed E-state index contributed by atoms with van der Waals surface area (Å²) in [5.41, 5.74) is 0. The lowest BCUT2D eigenvalue weighted by molar-refractivity contribution is -0.121. The van der Waals surface area contributed by atoms with E-state index in [1.165, 1.54) is 0 Å². The van der Waals surface area contributed by atoms with E-state index in [-0.39, 0.29) is 5.91 Å². The van der Waals surface area contributed by atoms with Gasteiger partial charge in [0.05, 0.1) is 10.8 Å². The van der Waals surface area contributed by atoms with Crippen LogP contribution in [-0.4, -0.2) is 22.4 Å². The highest BCUT2D eigenvalue weighted by Crippen LogP contribution is 2.07. The molecular weight excluding hydrogens is 326 g/mol. The third-order valence-electron chi connectivity index (χ3n) is 2.46. The molecule has 0 heterocycles. The molecule has 0 bridgehead atoms. The van der Waals surface area contributed by atoms with Crippen molar-refractivity contribution in [1.82, 2.24) is 5.32 Å². The summed E-state index contributed by atoms with van der Waals surface area (Å²) in [5.74, 6) is 0.515. The minimum absolute atomic E-state index is 0.00110. The lowest BCUT2D eigenvalue weighted by Crippen LogP contribution is -2.24. The maximum absolute atomic E-state index is 11.9. The molecule has 0 saturated heterocycles. The minimum Gasteiger partial charge on any atom is -0.356 e. The molecule has 0 fully saturated rings. The summed E-state index contributed by atoms with van der Waals surface area (Å²) in [7, 11) is -1.01. The van der Waals surface area contributed by atoms with Gasteiger partial charge in [-0.05, 0) is 29.5 Å². The molecule has 0 spiro atoms. The van der Waals surface area contributed by atoms with Crippen molar-refractivity contribution in [3.05, 3.63) is 41.4 Å². The SMILES string of the molecule is C=C(Br)CCNC(=O)CCCS(=O)c1ccccc1. The maximum atomic E-state index is 11.9. The Morgan fingerprint density at radius 1 is 1.26 bits per heavy atom. The average Bonchev–Trinajstić information content (AvgIpc) is 2.39. The summed E-state index contributed by atoms with van der Waals surface area (Å²) in [4.78, 5) is 12.3. The van der Waals surface area contributed by atoms with E-state index in [4.69, 9.17) is 0 Å². The van der Waals surface area contributed by atoms with E-state index in [1.807, 2.05) is 30.3 Å². The van der Waals surface area contributed by atoms with Crippen LogP contribution in [-0.2, 0) is 15.6 Å². The topological polar surface area (TPSA) is 46.2 Å².